The minimum atomic E-state index is -0.476. The fraction of sp³-hybridized carbons (Fsp3) is 0.800. The molecule has 1 aliphatic heterocycles. The molecule has 6 heteroatoms. The zero-order chi connectivity index (χ0) is 15.8. The van der Waals surface area contributed by atoms with Crippen molar-refractivity contribution in [3.05, 3.63) is 0 Å². The first-order valence-electron chi connectivity index (χ1n) is 7.70. The molecule has 2 amide bonds. The number of likely N-dealkylation sites (tertiary alicyclic amines) is 1. The van der Waals surface area contributed by atoms with Gasteiger partial charge >= 0.3 is 5.97 Å². The number of amides is 2. The van der Waals surface area contributed by atoms with Gasteiger partial charge in [0.15, 0.2) is 0 Å². The number of hydrogen-bond donors (Lipinski definition) is 0. The Balaban J connectivity index is 2.49. The Morgan fingerprint density at radius 3 is 2.52 bits per heavy atom. The van der Waals surface area contributed by atoms with E-state index in [4.69, 9.17) is 4.74 Å². The van der Waals surface area contributed by atoms with Crippen molar-refractivity contribution in [1.82, 2.24) is 9.80 Å². The number of methoxy groups -OCH3 is 1. The van der Waals surface area contributed by atoms with E-state index in [0.717, 1.165) is 19.4 Å². The molecule has 120 valence electrons. The van der Waals surface area contributed by atoms with Crippen LogP contribution in [0.5, 0.6) is 0 Å². The van der Waals surface area contributed by atoms with Crippen LogP contribution in [0.15, 0.2) is 0 Å². The highest BCUT2D eigenvalue weighted by Gasteiger charge is 2.34. The molecule has 1 aliphatic rings. The van der Waals surface area contributed by atoms with Crippen LogP contribution in [0.4, 0.5) is 0 Å². The summed E-state index contributed by atoms with van der Waals surface area (Å²) in [6, 6.07) is -0.476. The number of carbonyl (C=O) groups excluding carboxylic acids is 3. The van der Waals surface area contributed by atoms with Gasteiger partial charge in [-0.2, -0.15) is 0 Å². The Bertz CT molecular complexity index is 384. The smallest absolute Gasteiger partial charge is 0.328 e. The van der Waals surface area contributed by atoms with E-state index in [0.29, 0.717) is 19.5 Å². The Morgan fingerprint density at radius 2 is 1.95 bits per heavy atom. The molecule has 6 nitrogen and oxygen atoms in total. The van der Waals surface area contributed by atoms with Crippen molar-refractivity contribution in [2.45, 2.75) is 52.0 Å². The van der Waals surface area contributed by atoms with Crippen LogP contribution in [-0.4, -0.2) is 60.4 Å². The summed E-state index contributed by atoms with van der Waals surface area (Å²) >= 11 is 0. The van der Waals surface area contributed by atoms with Crippen LogP contribution in [-0.2, 0) is 19.1 Å². The molecule has 0 aromatic carbocycles. The molecule has 0 N–H and O–H groups in total. The third-order valence-corrected chi connectivity index (χ3v) is 3.83. The van der Waals surface area contributed by atoms with Gasteiger partial charge in [-0.25, -0.2) is 4.79 Å². The summed E-state index contributed by atoms with van der Waals surface area (Å²) in [7, 11) is 1.33. The van der Waals surface area contributed by atoms with Crippen molar-refractivity contribution in [1.29, 1.82) is 0 Å². The largest absolute Gasteiger partial charge is 0.467 e. The topological polar surface area (TPSA) is 66.9 Å². The van der Waals surface area contributed by atoms with E-state index in [9.17, 15) is 14.4 Å². The van der Waals surface area contributed by atoms with Crippen LogP contribution in [0.25, 0.3) is 0 Å². The molecule has 0 aromatic rings. The zero-order valence-corrected chi connectivity index (χ0v) is 13.3. The Morgan fingerprint density at radius 1 is 1.24 bits per heavy atom. The molecule has 0 saturated carbocycles. The summed E-state index contributed by atoms with van der Waals surface area (Å²) in [4.78, 5) is 39.1. The van der Waals surface area contributed by atoms with Crippen LogP contribution in [0.2, 0.25) is 0 Å². The molecule has 21 heavy (non-hydrogen) atoms. The van der Waals surface area contributed by atoms with Crippen molar-refractivity contribution in [2.75, 3.05) is 26.7 Å². The molecule has 0 radical (unpaired) electrons. The van der Waals surface area contributed by atoms with Crippen molar-refractivity contribution >= 4 is 17.8 Å². The fourth-order valence-corrected chi connectivity index (χ4v) is 2.69. The Labute approximate surface area is 126 Å². The highest BCUT2D eigenvalue weighted by molar-refractivity contribution is 5.87. The molecule has 1 rings (SSSR count). The third kappa shape index (κ3) is 4.72. The average molecular weight is 298 g/mol. The summed E-state index contributed by atoms with van der Waals surface area (Å²) in [5, 5.41) is 0. The minimum absolute atomic E-state index is 0.00140. The summed E-state index contributed by atoms with van der Waals surface area (Å²) in [6.45, 7) is 5.90. The fourth-order valence-electron chi connectivity index (χ4n) is 2.69. The van der Waals surface area contributed by atoms with E-state index in [-0.39, 0.29) is 30.6 Å². The molecular formula is C15H26N2O4. The minimum Gasteiger partial charge on any atom is -0.467 e. The van der Waals surface area contributed by atoms with Crippen molar-refractivity contribution in [2.24, 2.45) is 0 Å². The molecule has 0 bridgehead atoms. The van der Waals surface area contributed by atoms with Gasteiger partial charge in [-0.15, -0.1) is 0 Å². The monoisotopic (exact) mass is 298 g/mol. The van der Waals surface area contributed by atoms with Gasteiger partial charge < -0.3 is 14.5 Å². The lowest BCUT2D eigenvalue weighted by molar-refractivity contribution is -0.151. The number of hydrogen-bond acceptors (Lipinski definition) is 4. The van der Waals surface area contributed by atoms with Crippen LogP contribution >= 0.6 is 0 Å². The van der Waals surface area contributed by atoms with Gasteiger partial charge in [-0.05, 0) is 26.2 Å². The van der Waals surface area contributed by atoms with Crippen LogP contribution in [0.3, 0.4) is 0 Å². The first kappa shape index (κ1) is 17.5. The standard InChI is InChI=1S/C15H26N2O4/c1-4-10-16(5-2)13(18)8-9-14(19)17-11-6-7-12(17)15(20)21-3/h12H,4-11H2,1-3H3. The van der Waals surface area contributed by atoms with E-state index < -0.39 is 6.04 Å². The second-order valence-electron chi connectivity index (χ2n) is 5.24. The average Bonchev–Trinajstić information content (AvgIpc) is 2.98. The van der Waals surface area contributed by atoms with Crippen LogP contribution in [0.1, 0.15) is 46.0 Å². The van der Waals surface area contributed by atoms with Crippen molar-refractivity contribution in [3.8, 4) is 0 Å². The van der Waals surface area contributed by atoms with Gasteiger partial charge in [0, 0.05) is 32.5 Å². The SMILES string of the molecule is CCCN(CC)C(=O)CCC(=O)N1CCCC1C(=O)OC. The molecule has 0 spiro atoms. The first-order valence-corrected chi connectivity index (χ1v) is 7.70. The maximum absolute atomic E-state index is 12.2. The lowest BCUT2D eigenvalue weighted by Crippen LogP contribution is -2.41. The molecule has 1 atom stereocenters. The van der Waals surface area contributed by atoms with E-state index >= 15 is 0 Å². The number of carbonyl (C=O) groups is 3. The molecule has 1 saturated heterocycles. The van der Waals surface area contributed by atoms with Crippen molar-refractivity contribution < 1.29 is 19.1 Å². The van der Waals surface area contributed by atoms with E-state index in [1.54, 1.807) is 9.80 Å². The Kier molecular flexibility index (Phi) is 7.19. The quantitative estimate of drug-likeness (QED) is 0.662. The molecule has 1 fully saturated rings. The van der Waals surface area contributed by atoms with Crippen molar-refractivity contribution in [3.63, 3.8) is 0 Å². The molecule has 0 aromatic heterocycles. The van der Waals surface area contributed by atoms with Gasteiger partial charge in [0.2, 0.25) is 11.8 Å². The predicted octanol–water partition coefficient (Wildman–Crippen LogP) is 1.19. The summed E-state index contributed by atoms with van der Waals surface area (Å²) in [6.07, 6.45) is 2.72. The number of nitrogens with zero attached hydrogens (tertiary/aromatic N) is 2. The first-order chi connectivity index (χ1) is 10.0. The summed E-state index contributed by atoms with van der Waals surface area (Å²) < 4.78 is 4.72. The maximum atomic E-state index is 12.2. The highest BCUT2D eigenvalue weighted by atomic mass is 16.5. The van der Waals surface area contributed by atoms with Crippen LogP contribution in [0, 0.1) is 0 Å². The van der Waals surface area contributed by atoms with Gasteiger partial charge in [0.1, 0.15) is 6.04 Å². The number of rotatable bonds is 7. The predicted molar refractivity (Wildman–Crippen MR) is 78.5 cm³/mol. The summed E-state index contributed by atoms with van der Waals surface area (Å²) in [5.41, 5.74) is 0. The lowest BCUT2D eigenvalue weighted by Gasteiger charge is -2.24. The van der Waals surface area contributed by atoms with Gasteiger partial charge in [-0.1, -0.05) is 6.92 Å². The number of esters is 1. The van der Waals surface area contributed by atoms with E-state index in [1.165, 1.54) is 7.11 Å². The van der Waals surface area contributed by atoms with E-state index in [2.05, 4.69) is 0 Å². The molecule has 1 heterocycles. The third-order valence-electron chi connectivity index (χ3n) is 3.83. The summed E-state index contributed by atoms with van der Waals surface area (Å²) in [5.74, 6) is -0.501. The van der Waals surface area contributed by atoms with E-state index in [1.807, 2.05) is 13.8 Å². The number of ether oxygens (including phenoxy) is 1. The Hall–Kier alpha value is -1.59. The maximum Gasteiger partial charge on any atom is 0.328 e. The molecular weight excluding hydrogens is 272 g/mol. The second-order valence-corrected chi connectivity index (χ2v) is 5.24. The highest BCUT2D eigenvalue weighted by Crippen LogP contribution is 2.20. The van der Waals surface area contributed by atoms with Gasteiger partial charge in [-0.3, -0.25) is 9.59 Å². The van der Waals surface area contributed by atoms with Gasteiger partial charge in [0.25, 0.3) is 0 Å². The second kappa shape index (κ2) is 8.64. The molecule has 0 aliphatic carbocycles. The normalized spacial score (nSPS) is 17.7. The molecule has 1 unspecified atom stereocenters. The zero-order valence-electron chi connectivity index (χ0n) is 13.3. The van der Waals surface area contributed by atoms with Crippen LogP contribution < -0.4 is 0 Å². The lowest BCUT2D eigenvalue weighted by atomic mass is 10.2. The van der Waals surface area contributed by atoms with Gasteiger partial charge in [0.05, 0.1) is 7.11 Å².